The Bertz CT molecular complexity index is 628. The van der Waals surface area contributed by atoms with Crippen LogP contribution in [0, 0.1) is 0 Å². The van der Waals surface area contributed by atoms with E-state index < -0.39 is 18.1 Å². The Balaban J connectivity index is 2.39. The summed E-state index contributed by atoms with van der Waals surface area (Å²) in [6.07, 6.45) is 1.16. The summed E-state index contributed by atoms with van der Waals surface area (Å²) in [5.74, 6) is -0.735. The molecule has 0 aliphatic carbocycles. The molecule has 1 unspecified atom stereocenters. The van der Waals surface area contributed by atoms with Gasteiger partial charge in [0.1, 0.15) is 5.03 Å². The van der Waals surface area contributed by atoms with E-state index in [9.17, 15) is 9.59 Å². The number of esters is 1. The molecule has 2 rings (SSSR count). The van der Waals surface area contributed by atoms with Gasteiger partial charge in [-0.05, 0) is 13.2 Å². The zero-order valence-electron chi connectivity index (χ0n) is 12.1. The van der Waals surface area contributed by atoms with E-state index in [0.717, 1.165) is 0 Å². The molecule has 0 radical (unpaired) electrons. The molecule has 1 amide bonds. The standard InChI is InChI=1S/C12H15ClN4O3S/c1-5-7(18)20-10-6(2)8(13)9(19)17(10)11-14-12(21-4)16(3)15-11/h10H,5H2,1-4H3. The van der Waals surface area contributed by atoms with Crippen LogP contribution in [0.15, 0.2) is 15.8 Å². The Labute approximate surface area is 131 Å². The molecule has 2 heterocycles. The predicted octanol–water partition coefficient (Wildman–Crippen LogP) is 1.68. The highest BCUT2D eigenvalue weighted by Gasteiger charge is 2.42. The summed E-state index contributed by atoms with van der Waals surface area (Å²) in [6.45, 7) is 3.32. The van der Waals surface area contributed by atoms with Crippen LogP contribution < -0.4 is 4.90 Å². The van der Waals surface area contributed by atoms with Crippen LogP contribution in [0.25, 0.3) is 0 Å². The van der Waals surface area contributed by atoms with Crippen molar-refractivity contribution in [3.63, 3.8) is 0 Å². The zero-order valence-corrected chi connectivity index (χ0v) is 13.7. The van der Waals surface area contributed by atoms with Crippen molar-refractivity contribution < 1.29 is 14.3 Å². The number of hydrogen-bond acceptors (Lipinski definition) is 6. The number of amides is 1. The molecule has 0 saturated carbocycles. The molecular formula is C12H15ClN4O3S. The van der Waals surface area contributed by atoms with Crippen molar-refractivity contribution in [2.75, 3.05) is 11.2 Å². The number of carbonyl (C=O) groups is 2. The predicted molar refractivity (Wildman–Crippen MR) is 79.0 cm³/mol. The van der Waals surface area contributed by atoms with Gasteiger partial charge < -0.3 is 4.74 Å². The Morgan fingerprint density at radius 3 is 2.71 bits per heavy atom. The molecule has 0 spiro atoms. The highest BCUT2D eigenvalue weighted by atomic mass is 35.5. The number of thioether (sulfide) groups is 1. The molecule has 1 atom stereocenters. The second-order valence-corrected chi connectivity index (χ2v) is 5.54. The van der Waals surface area contributed by atoms with Crippen molar-refractivity contribution >= 4 is 41.2 Å². The first-order valence-electron chi connectivity index (χ1n) is 6.25. The van der Waals surface area contributed by atoms with Crippen molar-refractivity contribution in [2.45, 2.75) is 31.7 Å². The van der Waals surface area contributed by atoms with E-state index in [1.165, 1.54) is 16.7 Å². The first kappa shape index (κ1) is 15.8. The van der Waals surface area contributed by atoms with Crippen molar-refractivity contribution in [3.8, 4) is 0 Å². The highest BCUT2D eigenvalue weighted by Crippen LogP contribution is 2.32. The van der Waals surface area contributed by atoms with Crippen LogP contribution in [0.3, 0.4) is 0 Å². The molecule has 0 fully saturated rings. The Morgan fingerprint density at radius 1 is 1.52 bits per heavy atom. The Kier molecular flexibility index (Phi) is 4.58. The summed E-state index contributed by atoms with van der Waals surface area (Å²) in [5.41, 5.74) is 0.474. The van der Waals surface area contributed by atoms with E-state index in [4.69, 9.17) is 16.3 Å². The molecule has 0 aromatic carbocycles. The number of nitrogens with zero attached hydrogens (tertiary/aromatic N) is 4. The van der Waals surface area contributed by atoms with Crippen LogP contribution in [0.5, 0.6) is 0 Å². The first-order valence-corrected chi connectivity index (χ1v) is 7.85. The lowest BCUT2D eigenvalue weighted by atomic mass is 10.3. The lowest BCUT2D eigenvalue weighted by Gasteiger charge is -2.22. The summed E-state index contributed by atoms with van der Waals surface area (Å²) in [7, 11) is 1.72. The van der Waals surface area contributed by atoms with Gasteiger partial charge in [-0.15, -0.1) is 5.10 Å². The van der Waals surface area contributed by atoms with E-state index in [1.807, 2.05) is 6.26 Å². The third kappa shape index (κ3) is 2.77. The van der Waals surface area contributed by atoms with Crippen LogP contribution in [0.2, 0.25) is 0 Å². The van der Waals surface area contributed by atoms with Crippen molar-refractivity contribution in [1.29, 1.82) is 0 Å². The number of aromatic nitrogens is 3. The van der Waals surface area contributed by atoms with E-state index in [0.29, 0.717) is 10.7 Å². The van der Waals surface area contributed by atoms with Gasteiger partial charge in [-0.25, -0.2) is 9.58 Å². The second kappa shape index (κ2) is 6.07. The average molecular weight is 331 g/mol. The SMILES string of the molecule is CCC(=O)OC1C(C)=C(Cl)C(=O)N1c1nc(SC)n(C)n1. The summed E-state index contributed by atoms with van der Waals surface area (Å²) < 4.78 is 6.84. The van der Waals surface area contributed by atoms with E-state index in [2.05, 4.69) is 10.1 Å². The number of carbonyl (C=O) groups excluding carboxylic acids is 2. The number of hydrogen-bond donors (Lipinski definition) is 0. The second-order valence-electron chi connectivity index (χ2n) is 4.39. The van der Waals surface area contributed by atoms with Gasteiger partial charge in [0.05, 0.1) is 0 Å². The molecule has 1 aliphatic rings. The number of aryl methyl sites for hydroxylation is 1. The quantitative estimate of drug-likeness (QED) is 0.617. The van der Waals surface area contributed by atoms with Crippen LogP contribution in [0.4, 0.5) is 5.95 Å². The average Bonchev–Trinajstić information content (AvgIpc) is 2.93. The minimum atomic E-state index is -0.894. The van der Waals surface area contributed by atoms with Crippen molar-refractivity contribution in [1.82, 2.24) is 14.8 Å². The van der Waals surface area contributed by atoms with E-state index in [-0.39, 0.29) is 17.4 Å². The van der Waals surface area contributed by atoms with Gasteiger partial charge in [-0.2, -0.15) is 4.98 Å². The van der Waals surface area contributed by atoms with Crippen LogP contribution in [-0.4, -0.2) is 39.1 Å². The first-order chi connectivity index (χ1) is 9.90. The largest absolute Gasteiger partial charge is 0.437 e. The summed E-state index contributed by atoms with van der Waals surface area (Å²) >= 11 is 7.38. The van der Waals surface area contributed by atoms with Gasteiger partial charge >= 0.3 is 5.97 Å². The van der Waals surface area contributed by atoms with Crippen molar-refractivity contribution in [2.24, 2.45) is 7.05 Å². The number of anilines is 1. The molecule has 21 heavy (non-hydrogen) atoms. The monoisotopic (exact) mass is 330 g/mol. The van der Waals surface area contributed by atoms with Crippen LogP contribution in [-0.2, 0) is 21.4 Å². The smallest absolute Gasteiger partial charge is 0.307 e. The van der Waals surface area contributed by atoms with Crippen molar-refractivity contribution in [3.05, 3.63) is 10.6 Å². The normalized spacial score (nSPS) is 18.6. The summed E-state index contributed by atoms with van der Waals surface area (Å²) in [4.78, 5) is 29.3. The van der Waals surface area contributed by atoms with Gasteiger partial charge in [0.25, 0.3) is 11.9 Å². The molecule has 0 N–H and O–H groups in total. The van der Waals surface area contributed by atoms with Gasteiger partial charge in [-0.3, -0.25) is 9.59 Å². The number of halogens is 1. The Hall–Kier alpha value is -1.54. The maximum atomic E-state index is 12.3. The third-order valence-electron chi connectivity index (χ3n) is 3.00. The number of ether oxygens (including phenoxy) is 1. The molecule has 7 nitrogen and oxygen atoms in total. The third-order valence-corrected chi connectivity index (χ3v) is 4.18. The minimum absolute atomic E-state index is 0.0297. The van der Waals surface area contributed by atoms with Crippen LogP contribution >= 0.6 is 23.4 Å². The van der Waals surface area contributed by atoms with Gasteiger partial charge in [0.2, 0.25) is 6.23 Å². The fourth-order valence-corrected chi connectivity index (χ4v) is 2.53. The number of rotatable bonds is 4. The van der Waals surface area contributed by atoms with Gasteiger partial charge in [-0.1, -0.05) is 30.3 Å². The lowest BCUT2D eigenvalue weighted by Crippen LogP contribution is -2.39. The molecule has 1 aliphatic heterocycles. The van der Waals surface area contributed by atoms with E-state index >= 15 is 0 Å². The lowest BCUT2D eigenvalue weighted by molar-refractivity contribution is -0.147. The zero-order chi connectivity index (χ0) is 15.7. The molecule has 9 heteroatoms. The maximum absolute atomic E-state index is 12.3. The topological polar surface area (TPSA) is 77.3 Å². The Morgan fingerprint density at radius 2 is 2.19 bits per heavy atom. The molecule has 0 saturated heterocycles. The fourth-order valence-electron chi connectivity index (χ4n) is 1.86. The molecule has 0 bridgehead atoms. The van der Waals surface area contributed by atoms with E-state index in [1.54, 1.807) is 25.6 Å². The summed E-state index contributed by atoms with van der Waals surface area (Å²) in [6, 6.07) is 0. The maximum Gasteiger partial charge on any atom is 0.307 e. The minimum Gasteiger partial charge on any atom is -0.437 e. The molecular weight excluding hydrogens is 316 g/mol. The molecule has 1 aromatic rings. The van der Waals surface area contributed by atoms with Gasteiger partial charge in [0.15, 0.2) is 5.16 Å². The van der Waals surface area contributed by atoms with Gasteiger partial charge in [0, 0.05) is 19.0 Å². The highest BCUT2D eigenvalue weighted by molar-refractivity contribution is 7.98. The summed E-state index contributed by atoms with van der Waals surface area (Å²) in [5, 5.41) is 4.85. The van der Waals surface area contributed by atoms with Crippen LogP contribution in [0.1, 0.15) is 20.3 Å². The fraction of sp³-hybridized carbons (Fsp3) is 0.500. The molecule has 114 valence electrons. The molecule has 1 aromatic heterocycles.